The number of carbonyl (C=O) groups is 1. The third-order valence-electron chi connectivity index (χ3n) is 1.17. The zero-order valence-electron chi connectivity index (χ0n) is 9.32. The smallest absolute Gasteiger partial charge is 0.306 e. The second-order valence-electron chi connectivity index (χ2n) is 4.15. The number of aliphatic hydroxyl groups excluding tert-OH is 1. The van der Waals surface area contributed by atoms with Gasteiger partial charge in [0.05, 0.1) is 27.6 Å². The number of rotatable bonds is 4. The van der Waals surface area contributed by atoms with Gasteiger partial charge in [0.1, 0.15) is 12.6 Å². The summed E-state index contributed by atoms with van der Waals surface area (Å²) in [4.78, 5) is 10.1. The van der Waals surface area contributed by atoms with E-state index in [1.165, 1.54) is 0 Å². The maximum absolute atomic E-state index is 10.1. The predicted molar refractivity (Wildman–Crippen MR) is 53.5 cm³/mol. The zero-order chi connectivity index (χ0) is 13.6. The highest BCUT2D eigenvalue weighted by atomic mass is 32.3. The molecule has 0 aliphatic carbocycles. The molecule has 0 aliphatic rings. The number of carboxylic acid groups (broad SMARTS) is 1. The maximum Gasteiger partial charge on any atom is 0.306 e. The van der Waals surface area contributed by atoms with Crippen LogP contribution in [0.4, 0.5) is 0 Å². The SMILES string of the molecule is C[N+](C)(C)C[C@H](O)CC(=O)O.O=S(=O)([O-])O. The molecule has 0 rings (SSSR count). The molecule has 0 aromatic carbocycles. The first-order valence-electron chi connectivity index (χ1n) is 4.20. The number of quaternary nitrogens is 1. The molecule has 0 heterocycles. The molecule has 0 radical (unpaired) electrons. The van der Waals surface area contributed by atoms with Crippen molar-refractivity contribution in [3.63, 3.8) is 0 Å². The minimum absolute atomic E-state index is 0.171. The van der Waals surface area contributed by atoms with Gasteiger partial charge in [-0.1, -0.05) is 0 Å². The van der Waals surface area contributed by atoms with E-state index in [1.54, 1.807) is 0 Å². The van der Waals surface area contributed by atoms with Gasteiger partial charge in [0, 0.05) is 0 Å². The Hall–Kier alpha value is -0.740. The Morgan fingerprint density at radius 1 is 1.38 bits per heavy atom. The van der Waals surface area contributed by atoms with Crippen molar-refractivity contribution < 1.29 is 37.0 Å². The molecule has 0 spiro atoms. The first kappa shape index (κ1) is 17.6. The van der Waals surface area contributed by atoms with Gasteiger partial charge in [-0.15, -0.1) is 0 Å². The van der Waals surface area contributed by atoms with Crippen LogP contribution < -0.4 is 0 Å². The fourth-order valence-corrected chi connectivity index (χ4v) is 0.898. The van der Waals surface area contributed by atoms with Gasteiger partial charge in [0.15, 0.2) is 0 Å². The second kappa shape index (κ2) is 6.76. The lowest BCUT2D eigenvalue weighted by atomic mass is 10.2. The summed E-state index contributed by atoms with van der Waals surface area (Å²) in [5.41, 5.74) is 0. The molecule has 0 bridgehead atoms. The van der Waals surface area contributed by atoms with Crippen molar-refractivity contribution in [2.75, 3.05) is 27.7 Å². The molecule has 0 aromatic rings. The molecule has 16 heavy (non-hydrogen) atoms. The Labute approximate surface area is 94.3 Å². The van der Waals surface area contributed by atoms with E-state index < -0.39 is 22.5 Å². The van der Waals surface area contributed by atoms with Crippen LogP contribution in [0.3, 0.4) is 0 Å². The molecule has 3 N–H and O–H groups in total. The Balaban J connectivity index is 0. The zero-order valence-corrected chi connectivity index (χ0v) is 10.1. The predicted octanol–water partition coefficient (Wildman–Crippen LogP) is -1.47. The number of likely N-dealkylation sites (N-methyl/N-ethyl adjacent to an activating group) is 1. The lowest BCUT2D eigenvalue weighted by Gasteiger charge is -2.25. The quantitative estimate of drug-likeness (QED) is 0.318. The van der Waals surface area contributed by atoms with Gasteiger partial charge in [0.25, 0.3) is 0 Å². The van der Waals surface area contributed by atoms with E-state index in [1.807, 2.05) is 21.1 Å². The van der Waals surface area contributed by atoms with Crippen molar-refractivity contribution in [2.45, 2.75) is 12.5 Å². The van der Waals surface area contributed by atoms with Crippen LogP contribution in [0.1, 0.15) is 6.42 Å². The van der Waals surface area contributed by atoms with E-state index in [0.29, 0.717) is 11.0 Å². The molecule has 0 unspecified atom stereocenters. The molecule has 8 nitrogen and oxygen atoms in total. The summed E-state index contributed by atoms with van der Waals surface area (Å²) < 4.78 is 33.4. The van der Waals surface area contributed by atoms with E-state index >= 15 is 0 Å². The molecule has 0 aromatic heterocycles. The van der Waals surface area contributed by atoms with Crippen LogP contribution in [0, 0.1) is 0 Å². The van der Waals surface area contributed by atoms with E-state index in [0.717, 1.165) is 0 Å². The summed E-state index contributed by atoms with van der Waals surface area (Å²) in [7, 11) is 0.807. The van der Waals surface area contributed by atoms with Gasteiger partial charge < -0.3 is 19.2 Å². The molecular weight excluding hydrogens is 242 g/mol. The van der Waals surface area contributed by atoms with Gasteiger partial charge in [0.2, 0.25) is 10.4 Å². The summed E-state index contributed by atoms with van der Waals surface area (Å²) in [6.07, 6.45) is -0.914. The highest BCUT2D eigenvalue weighted by Crippen LogP contribution is 1.98. The maximum atomic E-state index is 10.1. The molecule has 0 amide bonds. The number of nitrogens with zero attached hydrogens (tertiary/aromatic N) is 1. The molecule has 0 aliphatic heterocycles. The van der Waals surface area contributed by atoms with Crippen molar-refractivity contribution in [1.82, 2.24) is 0 Å². The topological polar surface area (TPSA) is 135 Å². The van der Waals surface area contributed by atoms with Gasteiger partial charge in [-0.25, -0.2) is 8.42 Å². The lowest BCUT2D eigenvalue weighted by Crippen LogP contribution is -2.42. The molecular formula is C7H17NO7S. The van der Waals surface area contributed by atoms with E-state index in [-0.39, 0.29) is 6.42 Å². The molecule has 98 valence electrons. The average Bonchev–Trinajstić information content (AvgIpc) is 1.72. The third kappa shape index (κ3) is 29.2. The van der Waals surface area contributed by atoms with Crippen LogP contribution in [-0.2, 0) is 15.2 Å². The lowest BCUT2D eigenvalue weighted by molar-refractivity contribution is -0.873. The van der Waals surface area contributed by atoms with Crippen LogP contribution in [0.15, 0.2) is 0 Å². The second-order valence-corrected chi connectivity index (χ2v) is 5.01. The van der Waals surface area contributed by atoms with Crippen LogP contribution in [0.2, 0.25) is 0 Å². The summed E-state index contributed by atoms with van der Waals surface area (Å²) in [6.45, 7) is 0.465. The average molecular weight is 259 g/mol. The van der Waals surface area contributed by atoms with E-state index in [4.69, 9.17) is 27.7 Å². The first-order valence-corrected chi connectivity index (χ1v) is 5.56. The van der Waals surface area contributed by atoms with Gasteiger partial charge in [-0.3, -0.25) is 9.35 Å². The molecule has 0 saturated carbocycles. The molecule has 0 saturated heterocycles. The van der Waals surface area contributed by atoms with Crippen LogP contribution in [0.25, 0.3) is 0 Å². The van der Waals surface area contributed by atoms with Crippen molar-refractivity contribution in [1.29, 1.82) is 0 Å². The van der Waals surface area contributed by atoms with Gasteiger partial charge in [-0.2, -0.15) is 0 Å². The highest BCUT2D eigenvalue weighted by Gasteiger charge is 2.17. The Morgan fingerprint density at radius 2 is 1.69 bits per heavy atom. The van der Waals surface area contributed by atoms with Crippen molar-refractivity contribution >= 4 is 16.4 Å². The van der Waals surface area contributed by atoms with Crippen LogP contribution >= 0.6 is 0 Å². The molecule has 0 fully saturated rings. The largest absolute Gasteiger partial charge is 0.726 e. The fraction of sp³-hybridized carbons (Fsp3) is 0.857. The van der Waals surface area contributed by atoms with Crippen molar-refractivity contribution in [3.05, 3.63) is 0 Å². The van der Waals surface area contributed by atoms with Crippen molar-refractivity contribution in [3.8, 4) is 0 Å². The Morgan fingerprint density at radius 3 is 1.88 bits per heavy atom. The minimum atomic E-state index is -4.92. The minimum Gasteiger partial charge on any atom is -0.726 e. The van der Waals surface area contributed by atoms with Crippen LogP contribution in [0.5, 0.6) is 0 Å². The van der Waals surface area contributed by atoms with E-state index in [9.17, 15) is 4.79 Å². The Kier molecular flexibility index (Phi) is 7.46. The number of hydrogen-bond donors (Lipinski definition) is 3. The van der Waals surface area contributed by atoms with Crippen molar-refractivity contribution in [2.24, 2.45) is 0 Å². The molecule has 9 heteroatoms. The summed E-state index contributed by atoms with van der Waals surface area (Å²) in [5.74, 6) is -0.953. The summed E-state index contributed by atoms with van der Waals surface area (Å²) >= 11 is 0. The van der Waals surface area contributed by atoms with Crippen LogP contribution in [-0.4, -0.2) is 72.0 Å². The monoisotopic (exact) mass is 259 g/mol. The van der Waals surface area contributed by atoms with Gasteiger partial charge in [-0.05, 0) is 0 Å². The number of aliphatic hydroxyl groups is 1. The summed E-state index contributed by atoms with van der Waals surface area (Å²) in [6, 6.07) is 0. The molecule has 1 atom stereocenters. The van der Waals surface area contributed by atoms with E-state index in [2.05, 4.69) is 0 Å². The third-order valence-corrected chi connectivity index (χ3v) is 1.17. The number of carboxylic acids is 1. The number of hydrogen-bond acceptors (Lipinski definition) is 5. The normalized spacial score (nSPS) is 13.6. The first-order chi connectivity index (χ1) is 6.81. The fourth-order valence-electron chi connectivity index (χ4n) is 0.898. The highest BCUT2D eigenvalue weighted by molar-refractivity contribution is 7.79. The summed E-state index contributed by atoms with van der Waals surface area (Å²) in [5, 5.41) is 17.5. The Bertz CT molecular complexity index is 297. The van der Waals surface area contributed by atoms with Gasteiger partial charge >= 0.3 is 5.97 Å². The standard InChI is InChI=1S/C7H15NO3.H2O4S/c1-8(2,3)5-6(9)4-7(10)11;1-5(2,3)4/h6,9H,4-5H2,1-3H3;(H2,1,2,3,4)/t6-;/m1./s1. The number of aliphatic carboxylic acids is 1.